The normalized spacial score (nSPS) is 12.2. The highest BCUT2D eigenvalue weighted by atomic mass is 16.5. The Morgan fingerprint density at radius 3 is 2.83 bits per heavy atom. The Morgan fingerprint density at radius 1 is 1.14 bits per heavy atom. The van der Waals surface area contributed by atoms with Crippen molar-refractivity contribution in [2.45, 2.75) is 6.54 Å². The van der Waals surface area contributed by atoms with E-state index in [0.29, 0.717) is 23.6 Å². The molecule has 29 heavy (non-hydrogen) atoms. The number of hydrogen-bond acceptors (Lipinski definition) is 6. The van der Waals surface area contributed by atoms with Gasteiger partial charge in [0.05, 0.1) is 12.2 Å². The number of nitrogens with zero attached hydrogens (tertiary/aromatic N) is 4. The zero-order valence-corrected chi connectivity index (χ0v) is 15.2. The minimum Gasteiger partial charge on any atom is -0.337 e. The summed E-state index contributed by atoms with van der Waals surface area (Å²) in [5.74, 6) is 0.0384. The van der Waals surface area contributed by atoms with Crippen molar-refractivity contribution in [3.05, 3.63) is 77.7 Å². The van der Waals surface area contributed by atoms with Gasteiger partial charge in [-0.3, -0.25) is 15.0 Å². The summed E-state index contributed by atoms with van der Waals surface area (Å²) in [7, 11) is 0. The molecule has 1 aliphatic heterocycles. The first-order chi connectivity index (χ1) is 14.2. The van der Waals surface area contributed by atoms with E-state index in [9.17, 15) is 4.79 Å². The lowest BCUT2D eigenvalue weighted by Crippen LogP contribution is -2.18. The molecular formula is C21H16N6O2. The monoisotopic (exact) mass is 384 g/mol. The van der Waals surface area contributed by atoms with Gasteiger partial charge in [-0.05, 0) is 41.5 Å². The fourth-order valence-electron chi connectivity index (χ4n) is 3.33. The highest BCUT2D eigenvalue weighted by Crippen LogP contribution is 2.27. The molecule has 0 fully saturated rings. The van der Waals surface area contributed by atoms with Gasteiger partial charge in [0, 0.05) is 41.6 Å². The average Bonchev–Trinajstić information content (AvgIpc) is 3.42. The molecule has 0 aliphatic carbocycles. The smallest absolute Gasteiger partial charge is 0.274 e. The van der Waals surface area contributed by atoms with E-state index in [1.807, 2.05) is 29.1 Å². The summed E-state index contributed by atoms with van der Waals surface area (Å²) in [5.41, 5.74) is 7.55. The number of carbonyl (C=O) groups is 1. The number of rotatable bonds is 4. The van der Waals surface area contributed by atoms with Crippen LogP contribution in [0.2, 0.25) is 0 Å². The van der Waals surface area contributed by atoms with Crippen LogP contribution in [0.15, 0.2) is 66.0 Å². The Labute approximate surface area is 165 Å². The maximum Gasteiger partial charge on any atom is 0.274 e. The van der Waals surface area contributed by atoms with Gasteiger partial charge in [-0.2, -0.15) is 0 Å². The van der Waals surface area contributed by atoms with Crippen molar-refractivity contribution in [3.63, 3.8) is 0 Å². The average molecular weight is 384 g/mol. The van der Waals surface area contributed by atoms with Gasteiger partial charge in [0.2, 0.25) is 0 Å². The Balaban J connectivity index is 1.52. The largest absolute Gasteiger partial charge is 0.337 e. The van der Waals surface area contributed by atoms with Gasteiger partial charge in [-0.15, -0.1) is 0 Å². The van der Waals surface area contributed by atoms with Gasteiger partial charge in [-0.25, -0.2) is 15.4 Å². The molecule has 4 aromatic rings. The van der Waals surface area contributed by atoms with E-state index in [1.165, 1.54) is 5.56 Å². The van der Waals surface area contributed by atoms with Crippen LogP contribution in [0.3, 0.4) is 0 Å². The molecule has 2 aromatic heterocycles. The van der Waals surface area contributed by atoms with Gasteiger partial charge in [0.15, 0.2) is 11.5 Å². The summed E-state index contributed by atoms with van der Waals surface area (Å²) in [6, 6.07) is 12.9. The van der Waals surface area contributed by atoms with Crippen molar-refractivity contribution in [2.24, 2.45) is 4.99 Å². The second-order valence-corrected chi connectivity index (χ2v) is 6.66. The number of carbonyl (C=O) groups excluding carboxylic acids is 1. The molecule has 0 atom stereocenters. The highest BCUT2D eigenvalue weighted by molar-refractivity contribution is 5.93. The number of benzene rings is 2. The number of fused-ring (bicyclic) bond motifs is 2. The molecule has 3 heterocycles. The van der Waals surface area contributed by atoms with Gasteiger partial charge in [0.25, 0.3) is 5.91 Å². The minimum atomic E-state index is -0.562. The molecule has 8 nitrogen and oxygen atoms in total. The van der Waals surface area contributed by atoms with Crippen LogP contribution in [0.25, 0.3) is 16.9 Å². The molecule has 3 N–H and O–H groups in total. The van der Waals surface area contributed by atoms with Crippen molar-refractivity contribution in [1.82, 2.24) is 19.8 Å². The lowest BCUT2D eigenvalue weighted by Gasteiger charge is -2.11. The summed E-state index contributed by atoms with van der Waals surface area (Å²) in [5, 5.41) is 12.0. The topological polar surface area (TPSA) is 104 Å². The summed E-state index contributed by atoms with van der Waals surface area (Å²) < 4.78 is 1.92. The number of imidazole rings is 1. The summed E-state index contributed by atoms with van der Waals surface area (Å²) in [6.07, 6.45) is 7.42. The first-order valence-electron chi connectivity index (χ1n) is 8.99. The van der Waals surface area contributed by atoms with Crippen LogP contribution in [-0.2, 0) is 6.54 Å². The van der Waals surface area contributed by atoms with Crippen molar-refractivity contribution in [3.8, 4) is 11.3 Å². The standard InChI is InChI=1S/C21H16N6O2/c28-21(26-29)13-3-5-17(6-4-13)24-19-20-23-7-8-27(20)12-18(25-19)14-1-2-15-10-22-11-16(15)9-14/h1-10,12,29H,11H2,(H,24,25)(H,26,28). The first-order valence-corrected chi connectivity index (χ1v) is 8.99. The van der Waals surface area contributed by atoms with Crippen LogP contribution in [-0.4, -0.2) is 31.7 Å². The van der Waals surface area contributed by atoms with E-state index >= 15 is 0 Å². The van der Waals surface area contributed by atoms with E-state index < -0.39 is 5.91 Å². The van der Waals surface area contributed by atoms with Crippen LogP contribution < -0.4 is 10.8 Å². The molecule has 0 unspecified atom stereocenters. The third kappa shape index (κ3) is 3.11. The molecule has 8 heteroatoms. The third-order valence-electron chi connectivity index (χ3n) is 4.82. The number of hydroxylamine groups is 1. The van der Waals surface area contributed by atoms with E-state index in [4.69, 9.17) is 10.2 Å². The maximum absolute atomic E-state index is 11.5. The van der Waals surface area contributed by atoms with E-state index in [-0.39, 0.29) is 0 Å². The van der Waals surface area contributed by atoms with Gasteiger partial charge in [-0.1, -0.05) is 12.1 Å². The lowest BCUT2D eigenvalue weighted by atomic mass is 10.0. The molecule has 5 rings (SSSR count). The van der Waals surface area contributed by atoms with Crippen LogP contribution in [0.4, 0.5) is 11.5 Å². The Kier molecular flexibility index (Phi) is 4.03. The number of amides is 1. The molecule has 0 radical (unpaired) electrons. The first kappa shape index (κ1) is 17.1. The van der Waals surface area contributed by atoms with Gasteiger partial charge >= 0.3 is 0 Å². The van der Waals surface area contributed by atoms with Gasteiger partial charge < -0.3 is 9.72 Å². The third-order valence-corrected chi connectivity index (χ3v) is 4.82. The van der Waals surface area contributed by atoms with Crippen molar-refractivity contribution in [1.29, 1.82) is 0 Å². The Bertz CT molecular complexity index is 1260. The van der Waals surface area contributed by atoms with Crippen molar-refractivity contribution in [2.75, 3.05) is 5.32 Å². The van der Waals surface area contributed by atoms with Crippen LogP contribution in [0.1, 0.15) is 21.5 Å². The number of anilines is 2. The SMILES string of the molecule is O=C(NO)c1ccc(Nc2nc(-c3ccc4c(c3)CN=C4)cn3ccnc23)cc1. The zero-order valence-electron chi connectivity index (χ0n) is 15.2. The summed E-state index contributed by atoms with van der Waals surface area (Å²) in [4.78, 5) is 25.0. The van der Waals surface area contributed by atoms with E-state index in [2.05, 4.69) is 27.4 Å². The molecule has 0 saturated heterocycles. The van der Waals surface area contributed by atoms with Gasteiger partial charge in [0.1, 0.15) is 0 Å². The lowest BCUT2D eigenvalue weighted by molar-refractivity contribution is 0.0706. The van der Waals surface area contributed by atoms with Crippen molar-refractivity contribution >= 4 is 29.3 Å². The van der Waals surface area contributed by atoms with E-state index in [1.54, 1.807) is 35.9 Å². The van der Waals surface area contributed by atoms with Crippen LogP contribution in [0.5, 0.6) is 0 Å². The Hall–Kier alpha value is -4.04. The molecule has 0 spiro atoms. The number of aliphatic imine (C=N–C) groups is 1. The number of aromatic nitrogens is 3. The van der Waals surface area contributed by atoms with Crippen LogP contribution in [0, 0.1) is 0 Å². The predicted molar refractivity (Wildman–Crippen MR) is 109 cm³/mol. The molecule has 1 amide bonds. The predicted octanol–water partition coefficient (Wildman–Crippen LogP) is 3.19. The molecule has 0 saturated carbocycles. The van der Waals surface area contributed by atoms with Crippen LogP contribution >= 0.6 is 0 Å². The molecule has 2 aromatic carbocycles. The minimum absolute atomic E-state index is 0.353. The Morgan fingerprint density at radius 2 is 2.00 bits per heavy atom. The number of hydrogen-bond donors (Lipinski definition) is 3. The molecule has 1 aliphatic rings. The van der Waals surface area contributed by atoms with E-state index in [0.717, 1.165) is 22.5 Å². The van der Waals surface area contributed by atoms with Crippen molar-refractivity contribution < 1.29 is 10.0 Å². The summed E-state index contributed by atoms with van der Waals surface area (Å²) in [6.45, 7) is 0.690. The zero-order chi connectivity index (χ0) is 19.8. The molecular weight excluding hydrogens is 368 g/mol. The fourth-order valence-corrected chi connectivity index (χ4v) is 3.33. The fraction of sp³-hybridized carbons (Fsp3) is 0.0476. The number of nitrogens with one attached hydrogen (secondary N) is 2. The maximum atomic E-state index is 11.5. The molecule has 0 bridgehead atoms. The second kappa shape index (κ2) is 6.84. The highest BCUT2D eigenvalue weighted by Gasteiger charge is 2.13. The second-order valence-electron chi connectivity index (χ2n) is 6.66. The quantitative estimate of drug-likeness (QED) is 0.370. The molecule has 142 valence electrons. The summed E-state index contributed by atoms with van der Waals surface area (Å²) >= 11 is 0.